The van der Waals surface area contributed by atoms with E-state index in [0.29, 0.717) is 6.04 Å². The van der Waals surface area contributed by atoms with E-state index >= 15 is 0 Å². The van der Waals surface area contributed by atoms with Crippen LogP contribution in [-0.4, -0.2) is 26.9 Å². The van der Waals surface area contributed by atoms with Crippen LogP contribution in [0, 0.1) is 5.92 Å². The normalized spacial score (nSPS) is 18.8. The summed E-state index contributed by atoms with van der Waals surface area (Å²) in [4.78, 5) is 20.0. The number of fused-ring (bicyclic) bond motifs is 3. The zero-order valence-corrected chi connectivity index (χ0v) is 17.7. The lowest BCUT2D eigenvalue weighted by molar-refractivity contribution is -0.120. The highest BCUT2D eigenvalue weighted by atomic mass is 16.1. The highest BCUT2D eigenvalue weighted by molar-refractivity contribution is 5.94. The number of hydrogen-bond acceptors (Lipinski definition) is 3. The predicted octanol–water partition coefficient (Wildman–Crippen LogP) is 5.13. The number of anilines is 1. The molecule has 1 aliphatic carbocycles. The van der Waals surface area contributed by atoms with Crippen LogP contribution in [0.3, 0.4) is 0 Å². The molecule has 2 heterocycles. The molecule has 5 nitrogen and oxygen atoms in total. The Bertz CT molecular complexity index is 1040. The first-order valence-corrected chi connectivity index (χ1v) is 11.3. The van der Waals surface area contributed by atoms with Crippen LogP contribution in [0.5, 0.6) is 0 Å². The van der Waals surface area contributed by atoms with E-state index in [1.165, 1.54) is 24.8 Å². The number of aromatic nitrogens is 2. The minimum absolute atomic E-state index is 0.165. The number of rotatable bonds is 4. The maximum absolute atomic E-state index is 12.6. The number of benzene rings is 2. The molecule has 5 rings (SSSR count). The Labute approximate surface area is 178 Å². The molecule has 30 heavy (non-hydrogen) atoms. The topological polar surface area (TPSA) is 50.2 Å². The summed E-state index contributed by atoms with van der Waals surface area (Å²) in [6.07, 6.45) is 5.63. The fourth-order valence-corrected chi connectivity index (χ4v) is 5.00. The summed E-state index contributed by atoms with van der Waals surface area (Å²) >= 11 is 0. The molecule has 2 aliphatic rings. The minimum atomic E-state index is 0.165. The van der Waals surface area contributed by atoms with Crippen molar-refractivity contribution in [2.75, 3.05) is 11.9 Å². The van der Waals surface area contributed by atoms with Crippen LogP contribution in [-0.2, 0) is 17.9 Å². The maximum atomic E-state index is 12.6. The van der Waals surface area contributed by atoms with E-state index in [2.05, 4.69) is 58.1 Å². The standard InChI is InChI=1S/C25H30N4O/c1-18(19-8-4-2-5-9-19)28-14-15-29-23-13-12-21(16-22(23)27-24(29)17-28)26-25(30)20-10-6-3-7-11-20/h2,4-5,8-9,12-13,16,18,20H,3,6-7,10-11,14-15,17H2,1H3,(H,26,30). The number of nitrogens with zero attached hydrogens (tertiary/aromatic N) is 3. The molecule has 0 spiro atoms. The third-order valence-electron chi connectivity index (χ3n) is 6.86. The van der Waals surface area contributed by atoms with Crippen molar-refractivity contribution < 1.29 is 4.79 Å². The third-order valence-corrected chi connectivity index (χ3v) is 6.86. The Morgan fingerprint density at radius 1 is 1.07 bits per heavy atom. The molecule has 0 bridgehead atoms. The van der Waals surface area contributed by atoms with Crippen molar-refractivity contribution >= 4 is 22.6 Å². The smallest absolute Gasteiger partial charge is 0.227 e. The molecule has 1 unspecified atom stereocenters. The zero-order chi connectivity index (χ0) is 20.5. The van der Waals surface area contributed by atoms with E-state index in [0.717, 1.165) is 55.0 Å². The predicted molar refractivity (Wildman–Crippen MR) is 120 cm³/mol. The number of hydrogen-bond donors (Lipinski definition) is 1. The Morgan fingerprint density at radius 3 is 2.67 bits per heavy atom. The average molecular weight is 403 g/mol. The zero-order valence-electron chi connectivity index (χ0n) is 17.7. The Balaban J connectivity index is 1.33. The Hall–Kier alpha value is -2.66. The first kappa shape index (κ1) is 19.3. The van der Waals surface area contributed by atoms with Crippen LogP contribution in [0.1, 0.15) is 56.5 Å². The molecule has 1 amide bonds. The van der Waals surface area contributed by atoms with Crippen molar-refractivity contribution in [3.63, 3.8) is 0 Å². The second-order valence-electron chi connectivity index (χ2n) is 8.76. The monoisotopic (exact) mass is 402 g/mol. The van der Waals surface area contributed by atoms with Gasteiger partial charge in [0.2, 0.25) is 5.91 Å². The molecule has 3 aromatic rings. The van der Waals surface area contributed by atoms with E-state index in [4.69, 9.17) is 4.98 Å². The minimum Gasteiger partial charge on any atom is -0.326 e. The summed E-state index contributed by atoms with van der Waals surface area (Å²) in [5.74, 6) is 1.44. The van der Waals surface area contributed by atoms with Gasteiger partial charge in [-0.2, -0.15) is 0 Å². The first-order valence-electron chi connectivity index (χ1n) is 11.3. The molecular weight excluding hydrogens is 372 g/mol. The third kappa shape index (κ3) is 3.74. The molecule has 0 radical (unpaired) electrons. The lowest BCUT2D eigenvalue weighted by atomic mass is 9.88. The van der Waals surface area contributed by atoms with E-state index in [-0.39, 0.29) is 11.8 Å². The van der Waals surface area contributed by atoms with Crippen LogP contribution in [0.4, 0.5) is 5.69 Å². The van der Waals surface area contributed by atoms with Crippen molar-refractivity contribution in [2.24, 2.45) is 5.92 Å². The van der Waals surface area contributed by atoms with E-state index in [9.17, 15) is 4.79 Å². The molecule has 2 aromatic carbocycles. The van der Waals surface area contributed by atoms with Gasteiger partial charge in [-0.25, -0.2) is 4.98 Å². The summed E-state index contributed by atoms with van der Waals surface area (Å²) in [6, 6.07) is 17.2. The maximum Gasteiger partial charge on any atom is 0.227 e. The lowest BCUT2D eigenvalue weighted by Crippen LogP contribution is -2.35. The molecule has 1 saturated carbocycles. The second kappa shape index (κ2) is 8.23. The van der Waals surface area contributed by atoms with Crippen LogP contribution in [0.2, 0.25) is 0 Å². The van der Waals surface area contributed by atoms with Crippen molar-refractivity contribution in [3.05, 3.63) is 59.9 Å². The Morgan fingerprint density at radius 2 is 1.87 bits per heavy atom. The van der Waals surface area contributed by atoms with Crippen LogP contribution < -0.4 is 5.32 Å². The lowest BCUT2D eigenvalue weighted by Gasteiger charge is -2.33. The van der Waals surface area contributed by atoms with Gasteiger partial charge in [-0.05, 0) is 43.5 Å². The van der Waals surface area contributed by atoms with Gasteiger partial charge in [-0.15, -0.1) is 0 Å². The van der Waals surface area contributed by atoms with Crippen molar-refractivity contribution in [2.45, 2.75) is 58.2 Å². The van der Waals surface area contributed by atoms with Crippen LogP contribution in [0.15, 0.2) is 48.5 Å². The number of carbonyl (C=O) groups is 1. The van der Waals surface area contributed by atoms with Crippen molar-refractivity contribution in [1.29, 1.82) is 0 Å². The van der Waals surface area contributed by atoms with Gasteiger partial charge in [0.25, 0.3) is 0 Å². The number of amides is 1. The molecule has 5 heteroatoms. The number of carbonyl (C=O) groups excluding carboxylic acids is 1. The second-order valence-corrected chi connectivity index (χ2v) is 8.76. The molecule has 0 saturated heterocycles. The van der Waals surface area contributed by atoms with Gasteiger partial charge in [-0.1, -0.05) is 49.6 Å². The van der Waals surface area contributed by atoms with Crippen LogP contribution in [0.25, 0.3) is 11.0 Å². The summed E-state index contributed by atoms with van der Waals surface area (Å²) in [7, 11) is 0. The Kier molecular flexibility index (Phi) is 5.30. The van der Waals surface area contributed by atoms with Crippen molar-refractivity contribution in [3.8, 4) is 0 Å². The molecule has 1 fully saturated rings. The van der Waals surface area contributed by atoms with Crippen molar-refractivity contribution in [1.82, 2.24) is 14.5 Å². The van der Waals surface area contributed by atoms with Gasteiger partial charge in [0.1, 0.15) is 5.82 Å². The largest absolute Gasteiger partial charge is 0.326 e. The number of nitrogens with one attached hydrogen (secondary N) is 1. The molecule has 156 valence electrons. The average Bonchev–Trinajstić information content (AvgIpc) is 3.16. The molecule has 1 N–H and O–H groups in total. The fourth-order valence-electron chi connectivity index (χ4n) is 5.00. The molecular formula is C25H30N4O. The summed E-state index contributed by atoms with van der Waals surface area (Å²) in [6.45, 7) is 5.06. The summed E-state index contributed by atoms with van der Waals surface area (Å²) in [5.41, 5.74) is 4.34. The van der Waals surface area contributed by atoms with Crippen LogP contribution >= 0.6 is 0 Å². The first-order chi connectivity index (χ1) is 14.7. The number of imidazole rings is 1. The SMILES string of the molecule is CC(c1ccccc1)N1CCn2c(nc3cc(NC(=O)C4CCCCC4)ccc32)C1. The van der Waals surface area contributed by atoms with Gasteiger partial charge in [0.15, 0.2) is 0 Å². The van der Waals surface area contributed by atoms with Gasteiger partial charge in [-0.3, -0.25) is 9.69 Å². The quantitative estimate of drug-likeness (QED) is 0.658. The van der Waals surface area contributed by atoms with Gasteiger partial charge >= 0.3 is 0 Å². The van der Waals surface area contributed by atoms with E-state index < -0.39 is 0 Å². The summed E-state index contributed by atoms with van der Waals surface area (Å²) < 4.78 is 2.33. The van der Waals surface area contributed by atoms with Gasteiger partial charge in [0, 0.05) is 30.7 Å². The molecule has 1 aliphatic heterocycles. The highest BCUT2D eigenvalue weighted by Gasteiger charge is 2.25. The fraction of sp³-hybridized carbons (Fsp3) is 0.440. The van der Waals surface area contributed by atoms with Gasteiger partial charge < -0.3 is 9.88 Å². The van der Waals surface area contributed by atoms with E-state index in [1.54, 1.807) is 0 Å². The molecule has 1 aromatic heterocycles. The summed E-state index contributed by atoms with van der Waals surface area (Å²) in [5, 5.41) is 3.13. The molecule has 1 atom stereocenters. The highest BCUT2D eigenvalue weighted by Crippen LogP contribution is 2.29. The van der Waals surface area contributed by atoms with E-state index in [1.807, 2.05) is 12.1 Å². The van der Waals surface area contributed by atoms with Gasteiger partial charge in [0.05, 0.1) is 17.6 Å².